The number of hydrogen-bond acceptors (Lipinski definition) is 3. The molecule has 1 atom stereocenters. The van der Waals surface area contributed by atoms with Crippen LogP contribution in [0.25, 0.3) is 11.5 Å². The van der Waals surface area contributed by atoms with Crippen LogP contribution >= 0.6 is 11.6 Å². The molecule has 18 heavy (non-hydrogen) atoms. The minimum atomic E-state index is -4.36. The second-order valence-electron chi connectivity index (χ2n) is 3.64. The molecule has 2 aromatic rings. The van der Waals surface area contributed by atoms with Gasteiger partial charge in [0.05, 0.1) is 5.56 Å². The van der Waals surface area contributed by atoms with Gasteiger partial charge in [-0.15, -0.1) is 21.8 Å². The smallest absolute Gasteiger partial charge is 0.416 e. The zero-order valence-electron chi connectivity index (χ0n) is 9.20. The van der Waals surface area contributed by atoms with Crippen LogP contribution in [0.3, 0.4) is 0 Å². The Morgan fingerprint density at radius 1 is 1.17 bits per heavy atom. The number of rotatable bonds is 2. The Balaban J connectivity index is 2.29. The summed E-state index contributed by atoms with van der Waals surface area (Å²) in [4.78, 5) is 0. The third kappa shape index (κ3) is 2.64. The molecule has 7 heteroatoms. The maximum Gasteiger partial charge on any atom is 0.416 e. The summed E-state index contributed by atoms with van der Waals surface area (Å²) >= 11 is 5.74. The summed E-state index contributed by atoms with van der Waals surface area (Å²) in [6.07, 6.45) is -4.36. The lowest BCUT2D eigenvalue weighted by molar-refractivity contribution is -0.137. The van der Waals surface area contributed by atoms with Crippen LogP contribution in [-0.2, 0) is 6.18 Å². The number of halogens is 4. The monoisotopic (exact) mass is 276 g/mol. The van der Waals surface area contributed by atoms with E-state index in [1.165, 1.54) is 12.1 Å². The van der Waals surface area contributed by atoms with E-state index in [0.717, 1.165) is 12.1 Å². The molecule has 0 aliphatic heterocycles. The van der Waals surface area contributed by atoms with Gasteiger partial charge in [-0.3, -0.25) is 0 Å². The highest BCUT2D eigenvalue weighted by Gasteiger charge is 2.30. The summed E-state index contributed by atoms with van der Waals surface area (Å²) in [6.45, 7) is 1.66. The predicted octanol–water partition coefficient (Wildman–Crippen LogP) is 4.06. The Morgan fingerprint density at radius 2 is 1.78 bits per heavy atom. The Labute approximate surface area is 106 Å². The largest absolute Gasteiger partial charge is 0.419 e. The van der Waals surface area contributed by atoms with Crippen molar-refractivity contribution in [2.24, 2.45) is 0 Å². The van der Waals surface area contributed by atoms with Gasteiger partial charge >= 0.3 is 6.18 Å². The van der Waals surface area contributed by atoms with Crippen molar-refractivity contribution in [3.63, 3.8) is 0 Å². The number of nitrogens with zero attached hydrogens (tertiary/aromatic N) is 2. The molecule has 0 amide bonds. The average molecular weight is 277 g/mol. The van der Waals surface area contributed by atoms with Crippen molar-refractivity contribution in [3.8, 4) is 11.5 Å². The van der Waals surface area contributed by atoms with Gasteiger partial charge in [0.25, 0.3) is 0 Å². The van der Waals surface area contributed by atoms with Crippen molar-refractivity contribution < 1.29 is 17.6 Å². The lowest BCUT2D eigenvalue weighted by atomic mass is 10.1. The molecular formula is C11H8ClF3N2O. The van der Waals surface area contributed by atoms with Crippen LogP contribution in [0, 0.1) is 0 Å². The van der Waals surface area contributed by atoms with Gasteiger partial charge in [0, 0.05) is 5.56 Å². The van der Waals surface area contributed by atoms with Gasteiger partial charge < -0.3 is 4.42 Å². The number of hydrogen-bond donors (Lipinski definition) is 0. The Kier molecular flexibility index (Phi) is 3.30. The second-order valence-corrected chi connectivity index (χ2v) is 4.29. The van der Waals surface area contributed by atoms with E-state index in [2.05, 4.69) is 10.2 Å². The van der Waals surface area contributed by atoms with Crippen molar-refractivity contribution in [3.05, 3.63) is 35.7 Å². The van der Waals surface area contributed by atoms with Gasteiger partial charge in [0.15, 0.2) is 0 Å². The van der Waals surface area contributed by atoms with Gasteiger partial charge in [-0.1, -0.05) is 0 Å². The summed E-state index contributed by atoms with van der Waals surface area (Å²) in [5.74, 6) is 0.373. The van der Waals surface area contributed by atoms with Gasteiger partial charge in [0.2, 0.25) is 11.8 Å². The predicted molar refractivity (Wildman–Crippen MR) is 59.0 cm³/mol. The molecule has 1 heterocycles. The molecule has 0 saturated heterocycles. The Hall–Kier alpha value is -1.56. The topological polar surface area (TPSA) is 38.9 Å². The molecule has 0 saturated carbocycles. The first-order chi connectivity index (χ1) is 8.38. The molecule has 0 spiro atoms. The van der Waals surface area contributed by atoms with E-state index < -0.39 is 17.1 Å². The summed E-state index contributed by atoms with van der Waals surface area (Å²) < 4.78 is 42.3. The number of aromatic nitrogens is 2. The van der Waals surface area contributed by atoms with Gasteiger partial charge in [-0.05, 0) is 31.2 Å². The minimum absolute atomic E-state index is 0.145. The summed E-state index contributed by atoms with van der Waals surface area (Å²) in [6, 6.07) is 4.48. The van der Waals surface area contributed by atoms with Crippen molar-refractivity contribution in [1.29, 1.82) is 0 Å². The molecule has 0 bridgehead atoms. The van der Waals surface area contributed by atoms with Crippen molar-refractivity contribution >= 4 is 11.6 Å². The van der Waals surface area contributed by atoms with Crippen LogP contribution in [0.4, 0.5) is 13.2 Å². The van der Waals surface area contributed by atoms with Gasteiger partial charge in [-0.25, -0.2) is 0 Å². The van der Waals surface area contributed by atoms with Crippen molar-refractivity contribution in [2.75, 3.05) is 0 Å². The van der Waals surface area contributed by atoms with Crippen LogP contribution < -0.4 is 0 Å². The van der Waals surface area contributed by atoms with E-state index in [1.807, 2.05) is 0 Å². The Bertz CT molecular complexity index is 534. The highest BCUT2D eigenvalue weighted by atomic mass is 35.5. The molecule has 0 N–H and O–H groups in total. The highest BCUT2D eigenvalue weighted by Crippen LogP contribution is 2.31. The second kappa shape index (κ2) is 4.61. The molecule has 0 fully saturated rings. The van der Waals surface area contributed by atoms with Gasteiger partial charge in [-0.2, -0.15) is 13.2 Å². The van der Waals surface area contributed by atoms with Crippen LogP contribution in [-0.4, -0.2) is 10.2 Å². The molecular weight excluding hydrogens is 269 g/mol. The zero-order chi connectivity index (χ0) is 13.3. The first-order valence-corrected chi connectivity index (χ1v) is 5.46. The Morgan fingerprint density at radius 3 is 2.22 bits per heavy atom. The molecule has 1 aromatic heterocycles. The first-order valence-electron chi connectivity index (χ1n) is 5.03. The molecule has 3 nitrogen and oxygen atoms in total. The van der Waals surface area contributed by atoms with E-state index in [0.29, 0.717) is 5.56 Å². The SMILES string of the molecule is CC(Cl)c1nnc(-c2ccc(C(F)(F)F)cc2)o1. The van der Waals surface area contributed by atoms with E-state index in [9.17, 15) is 13.2 Å². The standard InChI is InChI=1S/C11H8ClF3N2O/c1-6(12)9-16-17-10(18-9)7-2-4-8(5-3-7)11(13,14)15/h2-6H,1H3. The number of alkyl halides is 4. The lowest BCUT2D eigenvalue weighted by Crippen LogP contribution is -2.03. The van der Waals surface area contributed by atoms with Crippen LogP contribution in [0.1, 0.15) is 23.8 Å². The first kappa shape index (κ1) is 12.9. The fourth-order valence-corrected chi connectivity index (χ4v) is 1.40. The maximum atomic E-state index is 12.4. The average Bonchev–Trinajstić information content (AvgIpc) is 2.77. The zero-order valence-corrected chi connectivity index (χ0v) is 9.96. The lowest BCUT2D eigenvalue weighted by Gasteiger charge is -2.05. The highest BCUT2D eigenvalue weighted by molar-refractivity contribution is 6.20. The fourth-order valence-electron chi connectivity index (χ4n) is 1.31. The summed E-state index contributed by atoms with van der Waals surface area (Å²) in [7, 11) is 0. The maximum absolute atomic E-state index is 12.4. The van der Waals surface area contributed by atoms with E-state index in [4.69, 9.17) is 16.0 Å². The van der Waals surface area contributed by atoms with Crippen LogP contribution in [0.5, 0.6) is 0 Å². The quantitative estimate of drug-likeness (QED) is 0.777. The van der Waals surface area contributed by atoms with E-state index in [1.54, 1.807) is 6.92 Å². The fraction of sp³-hybridized carbons (Fsp3) is 0.273. The van der Waals surface area contributed by atoms with Gasteiger partial charge in [0.1, 0.15) is 5.38 Å². The third-order valence-electron chi connectivity index (χ3n) is 2.24. The molecule has 96 valence electrons. The van der Waals surface area contributed by atoms with E-state index >= 15 is 0 Å². The molecule has 2 rings (SSSR count). The molecule has 0 radical (unpaired) electrons. The third-order valence-corrected chi connectivity index (χ3v) is 2.43. The summed E-state index contributed by atoms with van der Waals surface area (Å²) in [5.41, 5.74) is -0.309. The van der Waals surface area contributed by atoms with Crippen molar-refractivity contribution in [2.45, 2.75) is 18.5 Å². The summed E-state index contributed by atoms with van der Waals surface area (Å²) in [5, 5.41) is 6.97. The van der Waals surface area contributed by atoms with E-state index in [-0.39, 0.29) is 11.8 Å². The minimum Gasteiger partial charge on any atom is -0.419 e. The van der Waals surface area contributed by atoms with Crippen LogP contribution in [0.15, 0.2) is 28.7 Å². The van der Waals surface area contributed by atoms with Crippen LogP contribution in [0.2, 0.25) is 0 Å². The number of benzene rings is 1. The normalized spacial score (nSPS) is 13.6. The molecule has 1 unspecified atom stereocenters. The molecule has 1 aromatic carbocycles. The van der Waals surface area contributed by atoms with Crippen molar-refractivity contribution in [1.82, 2.24) is 10.2 Å². The molecule has 0 aliphatic carbocycles. The molecule has 0 aliphatic rings.